The Morgan fingerprint density at radius 1 is 0.875 bits per heavy atom. The zero-order valence-electron chi connectivity index (χ0n) is 25.2. The number of carboxylic acids is 1. The molecule has 1 aromatic heterocycles. The number of thioether (sulfide) groups is 1. The van der Waals surface area contributed by atoms with E-state index in [1.807, 2.05) is 36.4 Å². The number of amides is 1. The van der Waals surface area contributed by atoms with Gasteiger partial charge in [0.2, 0.25) is 0 Å². The van der Waals surface area contributed by atoms with Crippen molar-refractivity contribution in [3.63, 3.8) is 0 Å². The molecule has 0 aliphatic carbocycles. The molecule has 0 fully saturated rings. The summed E-state index contributed by atoms with van der Waals surface area (Å²) in [6.45, 7) is -0.106. The van der Waals surface area contributed by atoms with E-state index in [2.05, 4.69) is 15.6 Å². The van der Waals surface area contributed by atoms with Crippen molar-refractivity contribution in [3.05, 3.63) is 148 Å². The van der Waals surface area contributed by atoms with E-state index < -0.39 is 29.8 Å². The first kappa shape index (κ1) is 34.5. The van der Waals surface area contributed by atoms with E-state index in [9.17, 15) is 27.9 Å². The molecule has 48 heavy (non-hydrogen) atoms. The van der Waals surface area contributed by atoms with Gasteiger partial charge >= 0.3 is 12.1 Å². The van der Waals surface area contributed by atoms with Gasteiger partial charge in [-0.1, -0.05) is 60.1 Å². The number of carboxylic acid groups (broad SMARTS) is 1. The number of carbonyl (C=O) groups is 2. The molecule has 1 heterocycles. The summed E-state index contributed by atoms with van der Waals surface area (Å²) in [4.78, 5) is 29.4. The van der Waals surface area contributed by atoms with Crippen LogP contribution in [0.3, 0.4) is 0 Å². The lowest BCUT2D eigenvalue weighted by molar-refractivity contribution is -0.138. The Morgan fingerprint density at radius 3 is 2.42 bits per heavy atom. The van der Waals surface area contributed by atoms with Crippen LogP contribution in [0.1, 0.15) is 44.4 Å². The van der Waals surface area contributed by atoms with Crippen molar-refractivity contribution in [1.29, 1.82) is 0 Å². The van der Waals surface area contributed by atoms with Crippen molar-refractivity contribution in [3.8, 4) is 11.3 Å². The van der Waals surface area contributed by atoms with Gasteiger partial charge in [-0.15, -0.1) is 11.8 Å². The molecule has 0 spiro atoms. The standard InChI is InChI=1S/C36H29ClF3N3O4S/c37-28-10-11-31(43-35(47)25-7-1-6-24(14-25)21-48-29-9-3-4-22(16-29)17-33(44)45)30(19-28)32-18-26(12-13-41-32)34(46)42-20-23-5-2-8-27(15-23)36(38,39)40/h1-16,18-19,35,43,47H,17,20-21H2,(H,42,46)(H,44,45). The lowest BCUT2D eigenvalue weighted by Crippen LogP contribution is -2.23. The molecule has 7 nitrogen and oxygen atoms in total. The number of hydrogen-bond donors (Lipinski definition) is 4. The normalized spacial score (nSPS) is 11.9. The number of hydrogen-bond acceptors (Lipinski definition) is 6. The Balaban J connectivity index is 1.28. The summed E-state index contributed by atoms with van der Waals surface area (Å²) >= 11 is 7.87. The molecule has 5 rings (SSSR count). The van der Waals surface area contributed by atoms with Crippen LogP contribution in [-0.2, 0) is 29.7 Å². The third kappa shape index (κ3) is 9.37. The number of nitrogens with zero attached hydrogens (tertiary/aromatic N) is 1. The Bertz CT molecular complexity index is 1940. The molecular formula is C36H29ClF3N3O4S. The number of aliphatic carboxylic acids is 1. The number of rotatable bonds is 12. The number of aliphatic hydroxyl groups is 1. The molecule has 1 amide bonds. The van der Waals surface area contributed by atoms with Gasteiger partial charge in [0.05, 0.1) is 17.7 Å². The highest BCUT2D eigenvalue weighted by Crippen LogP contribution is 2.33. The van der Waals surface area contributed by atoms with Crippen molar-refractivity contribution in [2.45, 2.75) is 36.0 Å². The number of halogens is 4. The zero-order valence-corrected chi connectivity index (χ0v) is 26.7. The predicted molar refractivity (Wildman–Crippen MR) is 180 cm³/mol. The Labute approximate surface area is 283 Å². The third-order valence-electron chi connectivity index (χ3n) is 7.21. The first-order chi connectivity index (χ1) is 22.9. The maximum atomic E-state index is 13.1. The van der Waals surface area contributed by atoms with Crippen LogP contribution < -0.4 is 10.6 Å². The molecule has 0 saturated heterocycles. The number of pyridine rings is 1. The molecule has 4 aromatic carbocycles. The summed E-state index contributed by atoms with van der Waals surface area (Å²) in [5.41, 5.74) is 3.40. The van der Waals surface area contributed by atoms with Crippen LogP contribution in [0.25, 0.3) is 11.3 Å². The minimum absolute atomic E-state index is 0.0508. The van der Waals surface area contributed by atoms with Crippen LogP contribution in [-0.4, -0.2) is 27.1 Å². The lowest BCUT2D eigenvalue weighted by atomic mass is 10.1. The van der Waals surface area contributed by atoms with E-state index in [-0.39, 0.29) is 18.5 Å². The molecule has 1 unspecified atom stereocenters. The summed E-state index contributed by atoms with van der Waals surface area (Å²) in [6, 6.07) is 27.6. The fourth-order valence-corrected chi connectivity index (χ4v) is 5.98. The van der Waals surface area contributed by atoms with Gasteiger partial charge < -0.3 is 20.8 Å². The van der Waals surface area contributed by atoms with E-state index in [0.29, 0.717) is 38.8 Å². The first-order valence-corrected chi connectivity index (χ1v) is 16.0. The predicted octanol–water partition coefficient (Wildman–Crippen LogP) is 8.37. The molecule has 12 heteroatoms. The fourth-order valence-electron chi connectivity index (χ4n) is 4.89. The van der Waals surface area contributed by atoms with Gasteiger partial charge in [0.1, 0.15) is 0 Å². The van der Waals surface area contributed by atoms with Crippen molar-refractivity contribution < 1.29 is 33.0 Å². The molecule has 0 aliphatic rings. The molecule has 5 aromatic rings. The highest BCUT2D eigenvalue weighted by molar-refractivity contribution is 7.98. The maximum Gasteiger partial charge on any atom is 0.416 e. The molecule has 246 valence electrons. The maximum absolute atomic E-state index is 13.1. The van der Waals surface area contributed by atoms with E-state index in [0.717, 1.165) is 28.2 Å². The number of anilines is 1. The van der Waals surface area contributed by atoms with E-state index in [1.165, 1.54) is 30.5 Å². The topological polar surface area (TPSA) is 112 Å². The molecular weight excluding hydrogens is 663 g/mol. The van der Waals surface area contributed by atoms with Crippen LogP contribution in [0.2, 0.25) is 5.02 Å². The quantitative estimate of drug-likeness (QED) is 0.0768. The summed E-state index contributed by atoms with van der Waals surface area (Å²) < 4.78 is 39.2. The molecule has 0 saturated carbocycles. The van der Waals surface area contributed by atoms with Gasteiger partial charge in [0, 0.05) is 50.8 Å². The summed E-state index contributed by atoms with van der Waals surface area (Å²) in [5, 5.41) is 26.4. The average Bonchev–Trinajstić information content (AvgIpc) is 3.07. The second kappa shape index (κ2) is 15.4. The van der Waals surface area contributed by atoms with Crippen LogP contribution in [0.5, 0.6) is 0 Å². The highest BCUT2D eigenvalue weighted by Gasteiger charge is 2.30. The Kier molecular flexibility index (Phi) is 11.0. The van der Waals surface area contributed by atoms with Crippen molar-refractivity contribution >= 4 is 40.9 Å². The van der Waals surface area contributed by atoms with E-state index in [1.54, 1.807) is 42.1 Å². The SMILES string of the molecule is O=C(O)Cc1cccc(SCc2cccc(C(O)Nc3ccc(Cl)cc3-c3cc(C(=O)NCc4cccc(C(F)(F)F)c4)ccn3)c2)c1. The van der Waals surface area contributed by atoms with Gasteiger partial charge in [0.25, 0.3) is 5.91 Å². The second-order valence-electron chi connectivity index (χ2n) is 10.8. The van der Waals surface area contributed by atoms with Gasteiger partial charge in [-0.25, -0.2) is 0 Å². The van der Waals surface area contributed by atoms with Crippen LogP contribution in [0.4, 0.5) is 18.9 Å². The monoisotopic (exact) mass is 691 g/mol. The largest absolute Gasteiger partial charge is 0.481 e. The second-order valence-corrected chi connectivity index (χ2v) is 12.3. The Morgan fingerprint density at radius 2 is 1.62 bits per heavy atom. The summed E-state index contributed by atoms with van der Waals surface area (Å²) in [6.07, 6.45) is -4.22. The first-order valence-electron chi connectivity index (χ1n) is 14.6. The van der Waals surface area contributed by atoms with Crippen molar-refractivity contribution in [1.82, 2.24) is 10.3 Å². The average molecular weight is 692 g/mol. The number of carbonyl (C=O) groups excluding carboxylic acids is 1. The van der Waals surface area contributed by atoms with Crippen molar-refractivity contribution in [2.75, 3.05) is 5.32 Å². The number of aromatic nitrogens is 1. The minimum atomic E-state index is -4.49. The van der Waals surface area contributed by atoms with Gasteiger partial charge in [0.15, 0.2) is 6.23 Å². The summed E-state index contributed by atoms with van der Waals surface area (Å²) in [7, 11) is 0. The van der Waals surface area contributed by atoms with Crippen LogP contribution in [0, 0.1) is 0 Å². The number of benzene rings is 4. The van der Waals surface area contributed by atoms with Gasteiger partial charge in [-0.3, -0.25) is 14.6 Å². The van der Waals surface area contributed by atoms with Crippen LogP contribution >= 0.6 is 23.4 Å². The number of aliphatic hydroxyl groups excluding tert-OH is 1. The Hall–Kier alpha value is -4.84. The van der Waals surface area contributed by atoms with Crippen LogP contribution in [0.15, 0.2) is 114 Å². The molecule has 1 atom stereocenters. The van der Waals surface area contributed by atoms with Crippen molar-refractivity contribution in [2.24, 2.45) is 0 Å². The van der Waals surface area contributed by atoms with Gasteiger partial charge in [-0.05, 0) is 71.3 Å². The molecule has 4 N–H and O–H groups in total. The summed E-state index contributed by atoms with van der Waals surface area (Å²) in [5.74, 6) is -0.803. The number of nitrogens with one attached hydrogen (secondary N) is 2. The molecule has 0 aliphatic heterocycles. The zero-order chi connectivity index (χ0) is 34.3. The van der Waals surface area contributed by atoms with E-state index >= 15 is 0 Å². The lowest BCUT2D eigenvalue weighted by Gasteiger charge is -2.19. The fraction of sp³-hybridized carbons (Fsp3) is 0.139. The smallest absolute Gasteiger partial charge is 0.416 e. The van der Waals surface area contributed by atoms with E-state index in [4.69, 9.17) is 16.7 Å². The third-order valence-corrected chi connectivity index (χ3v) is 8.51. The highest BCUT2D eigenvalue weighted by atomic mass is 35.5. The minimum Gasteiger partial charge on any atom is -0.481 e. The number of alkyl halides is 3. The molecule has 0 bridgehead atoms. The van der Waals surface area contributed by atoms with Gasteiger partial charge in [-0.2, -0.15) is 13.2 Å². The molecule has 0 radical (unpaired) electrons.